The van der Waals surface area contributed by atoms with Gasteiger partial charge < -0.3 is 15.1 Å². The maximum Gasteiger partial charge on any atom is 0.291 e. The molecule has 0 atom stereocenters. The molecule has 14 heavy (non-hydrogen) atoms. The molecule has 0 saturated carbocycles. The highest BCUT2D eigenvalue weighted by atomic mass is 32.2. The lowest BCUT2D eigenvalue weighted by Gasteiger charge is -2.25. The standard InChI is InChI=1S/C9H12N2O2S/c10-7-1-4-13-8(7)9(12)11-2-5-14-6-3-11/h1,4H,2-3,5-6,10H2. The number of thioether (sulfide) groups is 1. The van der Waals surface area contributed by atoms with Crippen LogP contribution in [0.3, 0.4) is 0 Å². The molecule has 1 amide bonds. The Morgan fingerprint density at radius 1 is 1.50 bits per heavy atom. The third kappa shape index (κ3) is 1.72. The van der Waals surface area contributed by atoms with Crippen molar-refractivity contribution in [3.05, 3.63) is 18.1 Å². The van der Waals surface area contributed by atoms with Crippen LogP contribution < -0.4 is 5.73 Å². The normalized spacial score (nSPS) is 17.0. The number of rotatable bonds is 1. The Bertz CT molecular complexity index is 331. The molecular formula is C9H12N2O2S. The summed E-state index contributed by atoms with van der Waals surface area (Å²) in [6.45, 7) is 1.56. The first-order chi connectivity index (χ1) is 6.79. The van der Waals surface area contributed by atoms with Crippen molar-refractivity contribution in [1.82, 2.24) is 4.90 Å². The van der Waals surface area contributed by atoms with Gasteiger partial charge in [-0.25, -0.2) is 0 Å². The number of furan rings is 1. The Labute approximate surface area is 86.4 Å². The number of amides is 1. The number of nitrogen functional groups attached to an aromatic ring is 1. The number of carbonyl (C=O) groups excluding carboxylic acids is 1. The van der Waals surface area contributed by atoms with Gasteiger partial charge in [0.2, 0.25) is 5.76 Å². The van der Waals surface area contributed by atoms with Crippen molar-refractivity contribution in [3.63, 3.8) is 0 Å². The molecule has 0 spiro atoms. The van der Waals surface area contributed by atoms with E-state index >= 15 is 0 Å². The zero-order chi connectivity index (χ0) is 9.97. The average Bonchev–Trinajstić information content (AvgIpc) is 2.65. The van der Waals surface area contributed by atoms with E-state index in [1.807, 2.05) is 11.8 Å². The lowest BCUT2D eigenvalue weighted by Crippen LogP contribution is -2.37. The van der Waals surface area contributed by atoms with E-state index in [-0.39, 0.29) is 11.7 Å². The predicted molar refractivity (Wildman–Crippen MR) is 56.3 cm³/mol. The summed E-state index contributed by atoms with van der Waals surface area (Å²) in [6.07, 6.45) is 1.45. The van der Waals surface area contributed by atoms with Crippen LogP contribution in [0.1, 0.15) is 10.6 Å². The molecule has 76 valence electrons. The number of anilines is 1. The topological polar surface area (TPSA) is 59.5 Å². The van der Waals surface area contributed by atoms with Crippen LogP contribution in [-0.2, 0) is 0 Å². The van der Waals surface area contributed by atoms with Crippen molar-refractivity contribution in [2.24, 2.45) is 0 Å². The van der Waals surface area contributed by atoms with Crippen molar-refractivity contribution < 1.29 is 9.21 Å². The first-order valence-corrected chi connectivity index (χ1v) is 5.64. The molecule has 2 rings (SSSR count). The fourth-order valence-corrected chi connectivity index (χ4v) is 2.31. The van der Waals surface area contributed by atoms with Gasteiger partial charge in [-0.15, -0.1) is 0 Å². The minimum atomic E-state index is -0.0900. The van der Waals surface area contributed by atoms with Gasteiger partial charge in [0.05, 0.1) is 12.0 Å². The van der Waals surface area contributed by atoms with Crippen LogP contribution in [0, 0.1) is 0 Å². The molecule has 4 nitrogen and oxygen atoms in total. The Kier molecular flexibility index (Phi) is 2.67. The number of hydrogen-bond donors (Lipinski definition) is 1. The second-order valence-electron chi connectivity index (χ2n) is 3.11. The van der Waals surface area contributed by atoms with E-state index in [0.29, 0.717) is 5.69 Å². The Morgan fingerprint density at radius 3 is 2.79 bits per heavy atom. The van der Waals surface area contributed by atoms with Crippen LogP contribution >= 0.6 is 11.8 Å². The van der Waals surface area contributed by atoms with Gasteiger partial charge in [0.1, 0.15) is 0 Å². The van der Waals surface area contributed by atoms with Gasteiger partial charge in [0.25, 0.3) is 5.91 Å². The van der Waals surface area contributed by atoms with Gasteiger partial charge in [-0.05, 0) is 0 Å². The number of nitrogens with two attached hydrogens (primary N) is 1. The van der Waals surface area contributed by atoms with E-state index in [0.717, 1.165) is 24.6 Å². The second-order valence-corrected chi connectivity index (χ2v) is 4.33. The third-order valence-electron chi connectivity index (χ3n) is 2.19. The summed E-state index contributed by atoms with van der Waals surface area (Å²) in [5.74, 6) is 2.17. The molecule has 0 aromatic carbocycles. The molecule has 0 aliphatic carbocycles. The van der Waals surface area contributed by atoms with Crippen LogP contribution in [0.4, 0.5) is 5.69 Å². The Hall–Kier alpha value is -1.10. The molecule has 1 aromatic heterocycles. The summed E-state index contributed by atoms with van der Waals surface area (Å²) in [5.41, 5.74) is 6.03. The molecule has 1 fully saturated rings. The number of nitrogens with zero attached hydrogens (tertiary/aromatic N) is 1. The first-order valence-electron chi connectivity index (χ1n) is 4.49. The highest BCUT2D eigenvalue weighted by Gasteiger charge is 2.22. The van der Waals surface area contributed by atoms with Gasteiger partial charge >= 0.3 is 0 Å². The summed E-state index contributed by atoms with van der Waals surface area (Å²) < 4.78 is 5.06. The molecule has 1 saturated heterocycles. The lowest BCUT2D eigenvalue weighted by molar-refractivity contribution is 0.0742. The number of carbonyl (C=O) groups is 1. The maximum atomic E-state index is 11.8. The van der Waals surface area contributed by atoms with E-state index in [1.54, 1.807) is 11.0 Å². The van der Waals surface area contributed by atoms with E-state index < -0.39 is 0 Å². The van der Waals surface area contributed by atoms with Crippen LogP contribution in [-0.4, -0.2) is 35.4 Å². The van der Waals surface area contributed by atoms with Gasteiger partial charge in [0.15, 0.2) is 0 Å². The molecule has 0 unspecified atom stereocenters. The van der Waals surface area contributed by atoms with E-state index in [9.17, 15) is 4.79 Å². The second kappa shape index (κ2) is 3.96. The largest absolute Gasteiger partial charge is 0.457 e. The molecular weight excluding hydrogens is 200 g/mol. The quantitative estimate of drug-likeness (QED) is 0.756. The zero-order valence-electron chi connectivity index (χ0n) is 7.73. The average molecular weight is 212 g/mol. The summed E-state index contributed by atoms with van der Waals surface area (Å²) in [7, 11) is 0. The van der Waals surface area contributed by atoms with Gasteiger partial charge in [-0.3, -0.25) is 4.79 Å². The van der Waals surface area contributed by atoms with Gasteiger partial charge in [0, 0.05) is 30.7 Å². The summed E-state index contributed by atoms with van der Waals surface area (Å²) in [4.78, 5) is 13.6. The maximum absolute atomic E-state index is 11.8. The third-order valence-corrected chi connectivity index (χ3v) is 3.13. The van der Waals surface area contributed by atoms with Crippen molar-refractivity contribution in [2.75, 3.05) is 30.3 Å². The molecule has 1 aromatic rings. The van der Waals surface area contributed by atoms with Crippen molar-refractivity contribution in [1.29, 1.82) is 0 Å². The molecule has 2 N–H and O–H groups in total. The zero-order valence-corrected chi connectivity index (χ0v) is 8.55. The first kappa shape index (κ1) is 9.45. The smallest absolute Gasteiger partial charge is 0.291 e. The van der Waals surface area contributed by atoms with Crippen molar-refractivity contribution in [3.8, 4) is 0 Å². The highest BCUT2D eigenvalue weighted by molar-refractivity contribution is 7.99. The monoisotopic (exact) mass is 212 g/mol. The van der Waals surface area contributed by atoms with Gasteiger partial charge in [-0.1, -0.05) is 0 Å². The summed E-state index contributed by atoms with van der Waals surface area (Å²) in [5, 5.41) is 0. The fraction of sp³-hybridized carbons (Fsp3) is 0.444. The fourth-order valence-electron chi connectivity index (χ4n) is 1.40. The van der Waals surface area contributed by atoms with Gasteiger partial charge in [-0.2, -0.15) is 11.8 Å². The van der Waals surface area contributed by atoms with E-state index in [4.69, 9.17) is 10.2 Å². The van der Waals surface area contributed by atoms with E-state index in [2.05, 4.69) is 0 Å². The molecule has 0 bridgehead atoms. The molecule has 1 aliphatic rings. The Morgan fingerprint density at radius 2 is 2.21 bits per heavy atom. The van der Waals surface area contributed by atoms with Crippen LogP contribution in [0.15, 0.2) is 16.7 Å². The van der Waals surface area contributed by atoms with Crippen LogP contribution in [0.2, 0.25) is 0 Å². The van der Waals surface area contributed by atoms with Crippen molar-refractivity contribution in [2.45, 2.75) is 0 Å². The minimum Gasteiger partial charge on any atom is -0.457 e. The van der Waals surface area contributed by atoms with Crippen LogP contribution in [0.5, 0.6) is 0 Å². The van der Waals surface area contributed by atoms with Crippen LogP contribution in [0.25, 0.3) is 0 Å². The summed E-state index contributed by atoms with van der Waals surface area (Å²) in [6, 6.07) is 1.60. The Balaban J connectivity index is 2.11. The van der Waals surface area contributed by atoms with E-state index in [1.165, 1.54) is 6.26 Å². The molecule has 0 radical (unpaired) electrons. The molecule has 1 aliphatic heterocycles. The summed E-state index contributed by atoms with van der Waals surface area (Å²) >= 11 is 1.86. The molecule has 5 heteroatoms. The highest BCUT2D eigenvalue weighted by Crippen LogP contribution is 2.17. The minimum absolute atomic E-state index is 0.0900. The predicted octanol–water partition coefficient (Wildman–Crippen LogP) is 1.05. The molecule has 2 heterocycles. The van der Waals surface area contributed by atoms with Crippen molar-refractivity contribution >= 4 is 23.4 Å². The lowest BCUT2D eigenvalue weighted by atomic mass is 10.3. The SMILES string of the molecule is Nc1ccoc1C(=O)N1CCSCC1. The number of hydrogen-bond acceptors (Lipinski definition) is 4.